The van der Waals surface area contributed by atoms with Gasteiger partial charge in [-0.15, -0.1) is 0 Å². The molecule has 13 heteroatoms. The zero-order valence-electron chi connectivity index (χ0n) is 21.1. The van der Waals surface area contributed by atoms with Crippen molar-refractivity contribution < 1.29 is 38.3 Å². The quantitative estimate of drug-likeness (QED) is 0.123. The van der Waals surface area contributed by atoms with E-state index in [1.807, 2.05) is 0 Å². The van der Waals surface area contributed by atoms with Crippen molar-refractivity contribution in [1.82, 2.24) is 10.7 Å². The van der Waals surface area contributed by atoms with Gasteiger partial charge in [-0.1, -0.05) is 0 Å². The molecule has 0 atom stereocenters. The van der Waals surface area contributed by atoms with Crippen LogP contribution in [0, 0.1) is 10.1 Å². The maximum Gasteiger partial charge on any atom is 0.343 e. The third-order valence-corrected chi connectivity index (χ3v) is 5.14. The van der Waals surface area contributed by atoms with Crippen LogP contribution in [0.15, 0.2) is 65.8 Å². The minimum Gasteiger partial charge on any atom is -0.493 e. The summed E-state index contributed by atoms with van der Waals surface area (Å²) in [5, 5.41) is 17.0. The lowest BCUT2D eigenvalue weighted by Gasteiger charge is -2.14. The number of methoxy groups -OCH3 is 3. The molecule has 0 aliphatic heterocycles. The van der Waals surface area contributed by atoms with Gasteiger partial charge in [0.2, 0.25) is 5.75 Å². The Hall–Kier alpha value is -5.46. The summed E-state index contributed by atoms with van der Waals surface area (Å²) in [5.41, 5.74) is 3.11. The molecule has 0 spiro atoms. The number of carbonyl (C=O) groups is 3. The number of nitrogens with zero attached hydrogens (tertiary/aromatic N) is 2. The van der Waals surface area contributed by atoms with Gasteiger partial charge in [-0.05, 0) is 54.1 Å². The van der Waals surface area contributed by atoms with Crippen LogP contribution in [0.4, 0.5) is 5.69 Å². The van der Waals surface area contributed by atoms with E-state index in [0.29, 0.717) is 22.8 Å². The Bertz CT molecular complexity index is 1360. The summed E-state index contributed by atoms with van der Waals surface area (Å²) >= 11 is 0. The van der Waals surface area contributed by atoms with Crippen LogP contribution in [0.1, 0.15) is 26.3 Å². The number of nitrogens with one attached hydrogen (secondary N) is 2. The number of esters is 1. The molecule has 0 saturated heterocycles. The van der Waals surface area contributed by atoms with Gasteiger partial charge in [0, 0.05) is 17.7 Å². The number of rotatable bonds is 11. The molecule has 3 aromatic rings. The lowest BCUT2D eigenvalue weighted by Crippen LogP contribution is -2.34. The van der Waals surface area contributed by atoms with Gasteiger partial charge in [-0.25, -0.2) is 10.2 Å². The summed E-state index contributed by atoms with van der Waals surface area (Å²) in [5.74, 6) is -0.611. The van der Waals surface area contributed by atoms with Crippen molar-refractivity contribution in [2.45, 2.75) is 0 Å². The summed E-state index contributed by atoms with van der Waals surface area (Å²) in [6.07, 6.45) is 1.36. The molecule has 0 aliphatic rings. The second kappa shape index (κ2) is 13.2. The third kappa shape index (κ3) is 7.52. The average Bonchev–Trinajstić information content (AvgIpc) is 2.95. The molecule has 0 fully saturated rings. The van der Waals surface area contributed by atoms with Gasteiger partial charge in [-0.3, -0.25) is 19.7 Å². The van der Waals surface area contributed by atoms with Crippen LogP contribution < -0.4 is 29.7 Å². The highest BCUT2D eigenvalue weighted by Gasteiger charge is 2.17. The fraction of sp³-hybridized carbons (Fsp3) is 0.154. The van der Waals surface area contributed by atoms with Crippen LogP contribution >= 0.6 is 0 Å². The molecule has 0 heterocycles. The molecular weight excluding hydrogens is 512 g/mol. The average molecular weight is 536 g/mol. The molecule has 0 bridgehead atoms. The Kier molecular flexibility index (Phi) is 9.51. The first kappa shape index (κ1) is 28.1. The third-order valence-electron chi connectivity index (χ3n) is 5.14. The first-order chi connectivity index (χ1) is 18.7. The summed E-state index contributed by atoms with van der Waals surface area (Å²) in [6, 6.07) is 14.2. The second-order valence-electron chi connectivity index (χ2n) is 7.65. The minimum atomic E-state index is -0.674. The number of ether oxygens (including phenoxy) is 4. The maximum absolute atomic E-state index is 12.5. The predicted octanol–water partition coefficient (Wildman–Crippen LogP) is 2.72. The molecule has 3 aromatic carbocycles. The normalized spacial score (nSPS) is 10.4. The van der Waals surface area contributed by atoms with Crippen molar-refractivity contribution in [3.63, 3.8) is 0 Å². The molecule has 202 valence electrons. The lowest BCUT2D eigenvalue weighted by atomic mass is 10.1. The number of hydrazone groups is 1. The standard InChI is InChI=1S/C26H24N4O9/c1-36-21-12-18(13-22(37-2)24(21)38-3)25(32)27-15-23(31)29-28-14-16-4-10-20(11-5-16)39-26(33)17-6-8-19(9-7-17)30(34)35/h4-14H,15H2,1-3H3,(H,27,32)(H,29,31). The number of non-ortho nitro benzene ring substituents is 1. The van der Waals surface area contributed by atoms with Crippen molar-refractivity contribution in [2.24, 2.45) is 5.10 Å². The zero-order valence-corrected chi connectivity index (χ0v) is 21.1. The SMILES string of the molecule is COc1cc(C(=O)NCC(=O)NN=Cc2ccc(OC(=O)c3ccc([N+](=O)[O-])cc3)cc2)cc(OC)c1OC. The van der Waals surface area contributed by atoms with Crippen LogP contribution in [0.5, 0.6) is 23.0 Å². The van der Waals surface area contributed by atoms with Crippen molar-refractivity contribution in [3.05, 3.63) is 87.5 Å². The van der Waals surface area contributed by atoms with Crippen molar-refractivity contribution in [2.75, 3.05) is 27.9 Å². The highest BCUT2D eigenvalue weighted by atomic mass is 16.6. The minimum absolute atomic E-state index is 0.136. The van der Waals surface area contributed by atoms with E-state index in [9.17, 15) is 24.5 Å². The van der Waals surface area contributed by atoms with Crippen LogP contribution in [0.3, 0.4) is 0 Å². The molecular formula is C26H24N4O9. The number of nitro benzene ring substituents is 1. The van der Waals surface area contributed by atoms with E-state index in [1.165, 1.54) is 76.1 Å². The number of hydrogen-bond donors (Lipinski definition) is 2. The predicted molar refractivity (Wildman–Crippen MR) is 139 cm³/mol. The van der Waals surface area contributed by atoms with Crippen LogP contribution in [-0.2, 0) is 4.79 Å². The largest absolute Gasteiger partial charge is 0.493 e. The molecule has 2 amide bonds. The second-order valence-corrected chi connectivity index (χ2v) is 7.65. The molecule has 2 N–H and O–H groups in total. The molecule has 0 saturated carbocycles. The highest BCUT2D eigenvalue weighted by molar-refractivity contribution is 5.97. The topological polar surface area (TPSA) is 168 Å². The van der Waals surface area contributed by atoms with Gasteiger partial charge >= 0.3 is 5.97 Å². The lowest BCUT2D eigenvalue weighted by molar-refractivity contribution is -0.384. The van der Waals surface area contributed by atoms with Crippen molar-refractivity contribution in [1.29, 1.82) is 0 Å². The molecule has 0 unspecified atom stereocenters. The molecule has 3 rings (SSSR count). The van der Waals surface area contributed by atoms with Crippen LogP contribution in [-0.4, -0.2) is 56.8 Å². The molecule has 0 aliphatic carbocycles. The Morgan fingerprint density at radius 1 is 0.897 bits per heavy atom. The maximum atomic E-state index is 12.5. The fourth-order valence-corrected chi connectivity index (χ4v) is 3.20. The Balaban J connectivity index is 1.49. The van der Waals surface area contributed by atoms with E-state index in [4.69, 9.17) is 18.9 Å². The van der Waals surface area contributed by atoms with Gasteiger partial charge in [-0.2, -0.15) is 5.10 Å². The zero-order chi connectivity index (χ0) is 28.4. The summed E-state index contributed by atoms with van der Waals surface area (Å²) in [4.78, 5) is 46.9. The Morgan fingerprint density at radius 3 is 2.05 bits per heavy atom. The van der Waals surface area contributed by atoms with E-state index in [2.05, 4.69) is 15.8 Å². The van der Waals surface area contributed by atoms with Crippen molar-refractivity contribution >= 4 is 29.7 Å². The summed E-state index contributed by atoms with van der Waals surface area (Å²) < 4.78 is 20.9. The first-order valence-electron chi connectivity index (χ1n) is 11.2. The van der Waals surface area contributed by atoms with Gasteiger partial charge in [0.05, 0.1) is 44.6 Å². The van der Waals surface area contributed by atoms with E-state index < -0.39 is 22.7 Å². The molecule has 0 radical (unpaired) electrons. The molecule has 13 nitrogen and oxygen atoms in total. The number of benzene rings is 3. The summed E-state index contributed by atoms with van der Waals surface area (Å²) in [6.45, 7) is -0.343. The number of hydrogen-bond acceptors (Lipinski definition) is 10. The van der Waals surface area contributed by atoms with E-state index in [-0.39, 0.29) is 29.1 Å². The van der Waals surface area contributed by atoms with Crippen LogP contribution in [0.25, 0.3) is 0 Å². The van der Waals surface area contributed by atoms with Gasteiger partial charge in [0.25, 0.3) is 17.5 Å². The van der Waals surface area contributed by atoms with E-state index >= 15 is 0 Å². The number of carbonyl (C=O) groups excluding carboxylic acids is 3. The highest BCUT2D eigenvalue weighted by Crippen LogP contribution is 2.38. The van der Waals surface area contributed by atoms with E-state index in [0.717, 1.165) is 0 Å². The van der Waals surface area contributed by atoms with Gasteiger partial charge in [0.15, 0.2) is 11.5 Å². The van der Waals surface area contributed by atoms with E-state index in [1.54, 1.807) is 12.1 Å². The fourth-order valence-electron chi connectivity index (χ4n) is 3.20. The van der Waals surface area contributed by atoms with Gasteiger partial charge in [0.1, 0.15) is 5.75 Å². The smallest absolute Gasteiger partial charge is 0.343 e. The van der Waals surface area contributed by atoms with Crippen LogP contribution in [0.2, 0.25) is 0 Å². The number of amides is 2. The van der Waals surface area contributed by atoms with Crippen molar-refractivity contribution in [3.8, 4) is 23.0 Å². The van der Waals surface area contributed by atoms with Gasteiger partial charge < -0.3 is 24.3 Å². The molecule has 39 heavy (non-hydrogen) atoms. The first-order valence-corrected chi connectivity index (χ1v) is 11.2. The summed E-state index contributed by atoms with van der Waals surface area (Å²) in [7, 11) is 4.29. The number of nitro groups is 1. The molecule has 0 aromatic heterocycles. The Morgan fingerprint density at radius 2 is 1.51 bits per heavy atom. The Labute approximate surface area is 222 Å². The monoisotopic (exact) mass is 536 g/mol.